The largest absolute Gasteiger partial charge is 0.384 e. The molecule has 40 heavy (non-hydrogen) atoms. The third-order valence-electron chi connectivity index (χ3n) is 8.07. The van der Waals surface area contributed by atoms with Gasteiger partial charge in [0, 0.05) is 68.1 Å². The molecule has 0 radical (unpaired) electrons. The Kier molecular flexibility index (Phi) is 7.91. The normalized spacial score (nSPS) is 24.0. The number of nitrogens with one attached hydrogen (secondary N) is 3. The first-order valence-electron chi connectivity index (χ1n) is 14.0. The lowest BCUT2D eigenvalue weighted by Crippen LogP contribution is -2.50. The van der Waals surface area contributed by atoms with Crippen LogP contribution in [0.15, 0.2) is 24.3 Å². The molecule has 0 spiro atoms. The van der Waals surface area contributed by atoms with Gasteiger partial charge < -0.3 is 20.1 Å². The molecule has 1 unspecified atom stereocenters. The van der Waals surface area contributed by atoms with E-state index in [0.717, 1.165) is 86.6 Å². The number of fused-ring (bicyclic) bond motifs is 3. The topological polar surface area (TPSA) is 138 Å². The third-order valence-corrected chi connectivity index (χ3v) is 9.99. The van der Waals surface area contributed by atoms with Crippen LogP contribution in [0.3, 0.4) is 0 Å². The molecule has 2 bridgehead atoms. The zero-order valence-corrected chi connectivity index (χ0v) is 23.9. The van der Waals surface area contributed by atoms with Gasteiger partial charge in [0.2, 0.25) is 10.0 Å². The molecule has 3 aliphatic rings. The molecular weight excluding hydrogens is 532 g/mol. The monoisotopic (exact) mass is 570 g/mol. The van der Waals surface area contributed by atoms with E-state index >= 15 is 0 Å². The van der Waals surface area contributed by atoms with Gasteiger partial charge in [-0.25, -0.2) is 13.4 Å². The van der Waals surface area contributed by atoms with Gasteiger partial charge in [-0.1, -0.05) is 0 Å². The van der Waals surface area contributed by atoms with E-state index in [1.165, 1.54) is 7.11 Å². The molecule has 3 N–H and O–H groups in total. The van der Waals surface area contributed by atoms with Gasteiger partial charge in [-0.05, 0) is 44.7 Å². The van der Waals surface area contributed by atoms with Crippen molar-refractivity contribution in [2.24, 2.45) is 0 Å². The SMILES string of the molecule is COCCS(=O)(=O)N1[C@@H]2CC[C@H]1CC(Nc1nc(Nc3cc(C)[nH]n3)cc3nc(CN4CCOCC4)ccc13)C2. The van der Waals surface area contributed by atoms with Crippen LogP contribution >= 0.6 is 0 Å². The Labute approximate surface area is 234 Å². The summed E-state index contributed by atoms with van der Waals surface area (Å²) in [4.78, 5) is 12.3. The lowest BCUT2D eigenvalue weighted by atomic mass is 9.99. The summed E-state index contributed by atoms with van der Waals surface area (Å²) in [5.74, 6) is 2.12. The Balaban J connectivity index is 1.26. The van der Waals surface area contributed by atoms with E-state index in [9.17, 15) is 8.42 Å². The van der Waals surface area contributed by atoms with Crippen molar-refractivity contribution in [2.45, 2.75) is 57.3 Å². The van der Waals surface area contributed by atoms with Crippen LogP contribution in [0.2, 0.25) is 0 Å². The predicted molar refractivity (Wildman–Crippen MR) is 153 cm³/mol. The van der Waals surface area contributed by atoms with Crippen LogP contribution in [-0.2, 0) is 26.0 Å². The Morgan fingerprint density at radius 3 is 2.58 bits per heavy atom. The van der Waals surface area contributed by atoms with Gasteiger partial charge in [-0.2, -0.15) is 9.40 Å². The second-order valence-electron chi connectivity index (χ2n) is 11.0. The van der Waals surface area contributed by atoms with Gasteiger partial charge >= 0.3 is 0 Å². The Morgan fingerprint density at radius 2 is 1.88 bits per heavy atom. The molecule has 3 saturated heterocycles. The molecule has 3 aromatic heterocycles. The molecule has 12 nitrogen and oxygen atoms in total. The first-order valence-corrected chi connectivity index (χ1v) is 15.7. The van der Waals surface area contributed by atoms with E-state index < -0.39 is 10.0 Å². The lowest BCUT2D eigenvalue weighted by Gasteiger charge is -2.38. The number of hydrogen-bond donors (Lipinski definition) is 3. The first kappa shape index (κ1) is 27.3. The number of rotatable bonds is 10. The summed E-state index contributed by atoms with van der Waals surface area (Å²) in [7, 11) is -1.81. The van der Waals surface area contributed by atoms with Crippen molar-refractivity contribution >= 4 is 38.4 Å². The molecular formula is C27H38N8O4S. The van der Waals surface area contributed by atoms with Crippen molar-refractivity contribution < 1.29 is 17.9 Å². The Morgan fingerprint density at radius 1 is 1.10 bits per heavy atom. The van der Waals surface area contributed by atoms with Crippen molar-refractivity contribution in [3.63, 3.8) is 0 Å². The van der Waals surface area contributed by atoms with Gasteiger partial charge in [0.15, 0.2) is 5.82 Å². The number of hydrogen-bond acceptors (Lipinski definition) is 10. The predicted octanol–water partition coefficient (Wildman–Crippen LogP) is 2.62. The maximum absolute atomic E-state index is 13.0. The van der Waals surface area contributed by atoms with E-state index in [1.807, 2.05) is 19.1 Å². The highest BCUT2D eigenvalue weighted by atomic mass is 32.2. The minimum Gasteiger partial charge on any atom is -0.384 e. The number of H-pyrrole nitrogens is 1. The lowest BCUT2D eigenvalue weighted by molar-refractivity contribution is 0.0337. The van der Waals surface area contributed by atoms with E-state index in [4.69, 9.17) is 19.4 Å². The number of anilines is 3. The summed E-state index contributed by atoms with van der Waals surface area (Å²) < 4.78 is 38.3. The van der Waals surface area contributed by atoms with E-state index in [2.05, 4.69) is 37.9 Å². The number of morpholine rings is 1. The summed E-state index contributed by atoms with van der Waals surface area (Å²) in [5, 5.41) is 15.2. The molecule has 3 aliphatic heterocycles. The fourth-order valence-electron chi connectivity index (χ4n) is 6.23. The highest BCUT2D eigenvalue weighted by molar-refractivity contribution is 7.89. The fourth-order valence-corrected chi connectivity index (χ4v) is 8.11. The standard InChI is InChI=1S/C27H38N8O4S/c1-18-13-26(33-32-18)30-25-16-24-23(6-3-19(28-24)17-34-7-9-39-10-8-34)27(31-25)29-20-14-21-4-5-22(15-20)35(21)40(36,37)12-11-38-2/h3,6,13,16,20-22H,4-5,7-12,14-15,17H2,1-2H3,(H3,29,30,31,32,33)/t20?,21-,22+. The highest BCUT2D eigenvalue weighted by Crippen LogP contribution is 2.39. The van der Waals surface area contributed by atoms with Crippen LogP contribution in [0.4, 0.5) is 17.5 Å². The van der Waals surface area contributed by atoms with Crippen molar-refractivity contribution in [1.29, 1.82) is 0 Å². The van der Waals surface area contributed by atoms with Gasteiger partial charge in [0.25, 0.3) is 0 Å². The number of piperidine rings is 1. The number of methoxy groups -OCH3 is 1. The smallest absolute Gasteiger partial charge is 0.216 e. The number of sulfonamides is 1. The first-order chi connectivity index (χ1) is 19.4. The van der Waals surface area contributed by atoms with E-state index in [-0.39, 0.29) is 30.5 Å². The summed E-state index contributed by atoms with van der Waals surface area (Å²) in [6.45, 7) is 6.23. The van der Waals surface area contributed by atoms with E-state index in [0.29, 0.717) is 11.6 Å². The molecule has 3 atom stereocenters. The van der Waals surface area contributed by atoms with Crippen LogP contribution in [0.5, 0.6) is 0 Å². The number of aromatic amines is 1. The maximum Gasteiger partial charge on any atom is 0.216 e. The zero-order valence-electron chi connectivity index (χ0n) is 23.1. The van der Waals surface area contributed by atoms with Crippen LogP contribution in [0, 0.1) is 6.92 Å². The second-order valence-corrected chi connectivity index (χ2v) is 13.0. The molecule has 6 rings (SSSR count). The van der Waals surface area contributed by atoms with Gasteiger partial charge in [-0.3, -0.25) is 15.0 Å². The Hall–Kier alpha value is -2.84. The summed E-state index contributed by atoms with van der Waals surface area (Å²) in [6.07, 6.45) is 3.25. The van der Waals surface area contributed by atoms with Crippen molar-refractivity contribution in [3.05, 3.63) is 35.7 Å². The minimum absolute atomic E-state index is 0.00374. The molecule has 216 valence electrons. The van der Waals surface area contributed by atoms with Gasteiger partial charge in [0.05, 0.1) is 36.8 Å². The van der Waals surface area contributed by atoms with Crippen molar-refractivity contribution in [1.82, 2.24) is 29.4 Å². The van der Waals surface area contributed by atoms with Gasteiger partial charge in [-0.15, -0.1) is 0 Å². The van der Waals surface area contributed by atoms with Crippen LogP contribution < -0.4 is 10.6 Å². The van der Waals surface area contributed by atoms with Crippen LogP contribution in [0.1, 0.15) is 37.1 Å². The molecule has 13 heteroatoms. The van der Waals surface area contributed by atoms with Crippen LogP contribution in [-0.4, -0.2) is 102 Å². The van der Waals surface area contributed by atoms with Gasteiger partial charge in [0.1, 0.15) is 11.6 Å². The van der Waals surface area contributed by atoms with Crippen molar-refractivity contribution in [2.75, 3.05) is 56.4 Å². The zero-order chi connectivity index (χ0) is 27.7. The molecule has 3 aromatic rings. The number of ether oxygens (including phenoxy) is 2. The molecule has 0 amide bonds. The second kappa shape index (κ2) is 11.6. The molecule has 0 aliphatic carbocycles. The number of pyridine rings is 2. The average Bonchev–Trinajstić information content (AvgIpc) is 3.47. The summed E-state index contributed by atoms with van der Waals surface area (Å²) in [6, 6.07) is 8.16. The summed E-state index contributed by atoms with van der Waals surface area (Å²) in [5.41, 5.74) is 2.80. The van der Waals surface area contributed by atoms with Crippen LogP contribution in [0.25, 0.3) is 10.9 Å². The maximum atomic E-state index is 13.0. The molecule has 3 fully saturated rings. The van der Waals surface area contributed by atoms with Crippen molar-refractivity contribution in [3.8, 4) is 0 Å². The highest BCUT2D eigenvalue weighted by Gasteiger charge is 2.46. The average molecular weight is 571 g/mol. The fraction of sp³-hybridized carbons (Fsp3) is 0.593. The number of nitrogens with zero attached hydrogens (tertiary/aromatic N) is 5. The minimum atomic E-state index is -3.35. The van der Waals surface area contributed by atoms with E-state index in [1.54, 1.807) is 4.31 Å². The summed E-state index contributed by atoms with van der Waals surface area (Å²) >= 11 is 0. The number of aromatic nitrogens is 4. The quantitative estimate of drug-likeness (QED) is 0.334. The third kappa shape index (κ3) is 5.93. The molecule has 0 aromatic carbocycles. The molecule has 6 heterocycles. The Bertz CT molecular complexity index is 1430. The molecule has 0 saturated carbocycles. The number of aryl methyl sites for hydroxylation is 1.